The molecule has 3 rings (SSSR count). The van der Waals surface area contributed by atoms with E-state index in [0.29, 0.717) is 23.0 Å². The first kappa shape index (κ1) is 18.0. The van der Waals surface area contributed by atoms with Gasteiger partial charge in [-0.05, 0) is 44.1 Å². The van der Waals surface area contributed by atoms with Gasteiger partial charge in [0.15, 0.2) is 0 Å². The minimum atomic E-state index is 0.0431. The zero-order valence-electron chi connectivity index (χ0n) is 15.2. The van der Waals surface area contributed by atoms with E-state index in [1.165, 1.54) is 0 Å². The quantitative estimate of drug-likeness (QED) is 0.714. The van der Waals surface area contributed by atoms with Gasteiger partial charge in [-0.2, -0.15) is 0 Å². The van der Waals surface area contributed by atoms with Crippen LogP contribution in [0.5, 0.6) is 11.5 Å². The van der Waals surface area contributed by atoms with Crippen LogP contribution in [0.15, 0.2) is 36.5 Å². The Balaban J connectivity index is 1.73. The predicted molar refractivity (Wildman–Crippen MR) is 104 cm³/mol. The normalized spacial score (nSPS) is 14.7. The molecule has 7 nitrogen and oxygen atoms in total. The molecular formula is C19H25N5O2. The molecular weight excluding hydrogens is 330 g/mol. The lowest BCUT2D eigenvalue weighted by atomic mass is 9.97. The van der Waals surface area contributed by atoms with Crippen molar-refractivity contribution >= 4 is 23.1 Å². The van der Waals surface area contributed by atoms with Crippen molar-refractivity contribution in [3.8, 4) is 11.5 Å². The van der Waals surface area contributed by atoms with Crippen molar-refractivity contribution in [2.75, 3.05) is 43.1 Å². The lowest BCUT2D eigenvalue weighted by Crippen LogP contribution is -2.39. The number of ether oxygens (including phenoxy) is 1. The van der Waals surface area contributed by atoms with Crippen molar-refractivity contribution in [1.82, 2.24) is 10.3 Å². The number of nitrogens with one attached hydrogen (secondary N) is 2. The van der Waals surface area contributed by atoms with Gasteiger partial charge < -0.3 is 21.1 Å². The van der Waals surface area contributed by atoms with E-state index in [4.69, 9.17) is 10.5 Å². The van der Waals surface area contributed by atoms with Gasteiger partial charge in [0.1, 0.15) is 17.3 Å². The maximum atomic E-state index is 12.7. The first-order valence-electron chi connectivity index (χ1n) is 8.78. The average Bonchev–Trinajstić information content (AvgIpc) is 2.68. The summed E-state index contributed by atoms with van der Waals surface area (Å²) in [5.41, 5.74) is 7.43. The van der Waals surface area contributed by atoms with Crippen LogP contribution < -0.4 is 26.0 Å². The largest absolute Gasteiger partial charge is 0.457 e. The fraction of sp³-hybridized carbons (Fsp3) is 0.368. The van der Waals surface area contributed by atoms with Gasteiger partial charge in [-0.1, -0.05) is 0 Å². The van der Waals surface area contributed by atoms with E-state index in [-0.39, 0.29) is 11.8 Å². The van der Waals surface area contributed by atoms with Crippen LogP contribution >= 0.6 is 0 Å². The monoisotopic (exact) mass is 355 g/mol. The Bertz CT molecular complexity index is 774. The second-order valence-corrected chi connectivity index (χ2v) is 6.37. The number of benzene rings is 1. The molecule has 1 aromatic carbocycles. The van der Waals surface area contributed by atoms with Crippen LogP contribution in [0.2, 0.25) is 0 Å². The lowest BCUT2D eigenvalue weighted by Gasteiger charge is -2.26. The predicted octanol–water partition coefficient (Wildman–Crippen LogP) is 2.46. The number of carbonyl (C=O) groups excluding carboxylic acids is 1. The van der Waals surface area contributed by atoms with Gasteiger partial charge in [0, 0.05) is 38.3 Å². The van der Waals surface area contributed by atoms with Gasteiger partial charge >= 0.3 is 0 Å². The number of rotatable bonds is 5. The number of nitrogens with zero attached hydrogens (tertiary/aromatic N) is 2. The zero-order chi connectivity index (χ0) is 18.5. The van der Waals surface area contributed by atoms with E-state index < -0.39 is 0 Å². The fourth-order valence-electron chi connectivity index (χ4n) is 3.07. The summed E-state index contributed by atoms with van der Waals surface area (Å²) >= 11 is 0. The zero-order valence-corrected chi connectivity index (χ0v) is 15.2. The van der Waals surface area contributed by atoms with Gasteiger partial charge in [0.05, 0.1) is 11.4 Å². The number of nitrogen functional groups attached to an aromatic ring is 1. The Morgan fingerprint density at radius 1 is 1.27 bits per heavy atom. The molecule has 1 aromatic heterocycles. The summed E-state index contributed by atoms with van der Waals surface area (Å²) in [4.78, 5) is 18.6. The van der Waals surface area contributed by atoms with Gasteiger partial charge in [0.25, 0.3) is 0 Å². The highest BCUT2D eigenvalue weighted by Crippen LogP contribution is 2.29. The van der Waals surface area contributed by atoms with Crippen molar-refractivity contribution in [2.45, 2.75) is 12.8 Å². The number of carbonyl (C=O) groups is 1. The molecule has 0 unspecified atom stereocenters. The maximum Gasteiger partial charge on any atom is 0.231 e. The van der Waals surface area contributed by atoms with Crippen molar-refractivity contribution in [2.24, 2.45) is 5.92 Å². The molecule has 1 aliphatic heterocycles. The number of hydrogen-bond acceptors (Lipinski definition) is 6. The third kappa shape index (κ3) is 4.05. The van der Waals surface area contributed by atoms with Gasteiger partial charge in [-0.3, -0.25) is 9.69 Å². The van der Waals surface area contributed by atoms with Crippen LogP contribution in [0.25, 0.3) is 0 Å². The standard InChI is InChI=1S/C19H25N5O2/c1-21-17-4-3-14(11-16(17)20)26-15-7-10-23-18(12-15)24(2)19(25)13-5-8-22-9-6-13/h3-4,7,10-13,21-22H,5-6,8-9,20H2,1-2H3. The highest BCUT2D eigenvalue weighted by atomic mass is 16.5. The van der Waals surface area contributed by atoms with Crippen molar-refractivity contribution < 1.29 is 9.53 Å². The number of pyridine rings is 1. The first-order chi connectivity index (χ1) is 12.6. The molecule has 4 N–H and O–H groups in total. The van der Waals surface area contributed by atoms with Crippen LogP contribution in [-0.2, 0) is 4.79 Å². The molecule has 1 fully saturated rings. The van der Waals surface area contributed by atoms with Gasteiger partial charge in [-0.15, -0.1) is 0 Å². The summed E-state index contributed by atoms with van der Waals surface area (Å²) in [6, 6.07) is 8.98. The third-order valence-electron chi connectivity index (χ3n) is 4.61. The molecule has 0 spiro atoms. The van der Waals surface area contributed by atoms with Crippen molar-refractivity contribution in [3.63, 3.8) is 0 Å². The molecule has 1 saturated heterocycles. The third-order valence-corrected chi connectivity index (χ3v) is 4.61. The number of aromatic nitrogens is 1. The number of amides is 1. The molecule has 0 bridgehead atoms. The Hall–Kier alpha value is -2.80. The summed E-state index contributed by atoms with van der Waals surface area (Å²) in [5, 5.41) is 6.29. The topological polar surface area (TPSA) is 92.5 Å². The molecule has 0 saturated carbocycles. The Kier molecular flexibility index (Phi) is 5.58. The van der Waals surface area contributed by atoms with Crippen LogP contribution in [0.1, 0.15) is 12.8 Å². The fourth-order valence-corrected chi connectivity index (χ4v) is 3.07. The van der Waals surface area contributed by atoms with E-state index in [0.717, 1.165) is 31.6 Å². The summed E-state index contributed by atoms with van der Waals surface area (Å²) in [7, 11) is 3.58. The van der Waals surface area contributed by atoms with Crippen LogP contribution in [0.4, 0.5) is 17.2 Å². The van der Waals surface area contributed by atoms with Crippen LogP contribution in [0, 0.1) is 5.92 Å². The lowest BCUT2D eigenvalue weighted by molar-refractivity contribution is -0.122. The van der Waals surface area contributed by atoms with Crippen molar-refractivity contribution in [1.29, 1.82) is 0 Å². The first-order valence-corrected chi connectivity index (χ1v) is 8.78. The summed E-state index contributed by atoms with van der Waals surface area (Å²) in [6.45, 7) is 1.76. The van der Waals surface area contributed by atoms with E-state index in [2.05, 4.69) is 15.6 Å². The molecule has 26 heavy (non-hydrogen) atoms. The summed E-state index contributed by atoms with van der Waals surface area (Å²) in [5.74, 6) is 1.95. The van der Waals surface area contributed by atoms with Gasteiger partial charge in [0.2, 0.25) is 5.91 Å². The molecule has 0 atom stereocenters. The molecule has 0 radical (unpaired) electrons. The van der Waals surface area contributed by atoms with E-state index in [1.54, 1.807) is 36.3 Å². The summed E-state index contributed by atoms with van der Waals surface area (Å²) < 4.78 is 5.88. The minimum absolute atomic E-state index is 0.0431. The second-order valence-electron chi connectivity index (χ2n) is 6.37. The van der Waals surface area contributed by atoms with Crippen LogP contribution in [-0.4, -0.2) is 38.1 Å². The Morgan fingerprint density at radius 3 is 2.69 bits per heavy atom. The highest BCUT2D eigenvalue weighted by molar-refractivity contribution is 5.93. The molecule has 7 heteroatoms. The average molecular weight is 355 g/mol. The SMILES string of the molecule is CNc1ccc(Oc2ccnc(N(C)C(=O)C3CCNCC3)c2)cc1N. The number of piperidine rings is 1. The molecule has 138 valence electrons. The highest BCUT2D eigenvalue weighted by Gasteiger charge is 2.25. The van der Waals surface area contributed by atoms with E-state index in [9.17, 15) is 4.79 Å². The molecule has 2 heterocycles. The smallest absolute Gasteiger partial charge is 0.231 e. The summed E-state index contributed by atoms with van der Waals surface area (Å²) in [6.07, 6.45) is 3.36. The minimum Gasteiger partial charge on any atom is -0.457 e. The van der Waals surface area contributed by atoms with Crippen molar-refractivity contribution in [3.05, 3.63) is 36.5 Å². The Morgan fingerprint density at radius 2 is 2.00 bits per heavy atom. The van der Waals surface area contributed by atoms with Gasteiger partial charge in [-0.25, -0.2) is 4.98 Å². The molecule has 1 aliphatic rings. The van der Waals surface area contributed by atoms with E-state index in [1.807, 2.05) is 19.2 Å². The molecule has 0 aliphatic carbocycles. The maximum absolute atomic E-state index is 12.7. The number of anilines is 3. The second kappa shape index (κ2) is 8.05. The number of nitrogens with two attached hydrogens (primary N) is 1. The Labute approximate surface area is 153 Å². The molecule has 1 amide bonds. The van der Waals surface area contributed by atoms with Crippen LogP contribution in [0.3, 0.4) is 0 Å². The molecule has 2 aromatic rings. The number of hydrogen-bond donors (Lipinski definition) is 3. The van der Waals surface area contributed by atoms with E-state index >= 15 is 0 Å².